The predicted octanol–water partition coefficient (Wildman–Crippen LogP) is 2.69. The molecule has 3 aromatic heterocycles. The smallest absolute Gasteiger partial charge is 0.267 e. The fourth-order valence-corrected chi connectivity index (χ4v) is 3.40. The van der Waals surface area contributed by atoms with Crippen molar-refractivity contribution in [2.75, 3.05) is 5.32 Å². The van der Waals surface area contributed by atoms with E-state index in [1.807, 2.05) is 12.1 Å². The van der Waals surface area contributed by atoms with E-state index in [-0.39, 0.29) is 11.6 Å². The molecule has 1 aliphatic rings. The molecule has 0 bridgehead atoms. The van der Waals surface area contributed by atoms with Gasteiger partial charge in [-0.3, -0.25) is 14.8 Å². The van der Waals surface area contributed by atoms with E-state index in [4.69, 9.17) is 0 Å². The van der Waals surface area contributed by atoms with Crippen LogP contribution in [0.4, 0.5) is 5.82 Å². The van der Waals surface area contributed by atoms with Crippen molar-refractivity contribution in [2.24, 2.45) is 0 Å². The molecule has 3 heterocycles. The normalized spacial score (nSPS) is 19.8. The molecule has 0 atom stereocenters. The Kier molecular flexibility index (Phi) is 4.68. The van der Waals surface area contributed by atoms with E-state index in [1.54, 1.807) is 47.8 Å². The number of aromatic nitrogens is 5. The zero-order chi connectivity index (χ0) is 17.8. The van der Waals surface area contributed by atoms with E-state index < -0.39 is 0 Å². The molecule has 3 aromatic rings. The molecule has 0 radical (unpaired) electrons. The second-order valence-electron chi connectivity index (χ2n) is 6.48. The number of nitrogens with one attached hydrogen (secondary N) is 1. The summed E-state index contributed by atoms with van der Waals surface area (Å²) in [6.45, 7) is 0. The molecule has 7 heteroatoms. The van der Waals surface area contributed by atoms with E-state index in [0.29, 0.717) is 6.04 Å². The third-order valence-corrected chi connectivity index (χ3v) is 4.74. The molecular formula is C19H20N6O. The predicted molar refractivity (Wildman–Crippen MR) is 98.7 cm³/mol. The Morgan fingerprint density at radius 3 is 2.54 bits per heavy atom. The molecule has 1 N–H and O–H groups in total. The van der Waals surface area contributed by atoms with Crippen molar-refractivity contribution >= 4 is 5.82 Å². The topological polar surface area (TPSA) is 85.6 Å². The van der Waals surface area contributed by atoms with E-state index in [9.17, 15) is 4.79 Å². The Morgan fingerprint density at radius 1 is 0.962 bits per heavy atom. The lowest BCUT2D eigenvalue weighted by Crippen LogP contribution is -2.33. The highest BCUT2D eigenvalue weighted by Crippen LogP contribution is 2.29. The lowest BCUT2D eigenvalue weighted by Gasteiger charge is -2.29. The largest absolute Gasteiger partial charge is 0.366 e. The zero-order valence-electron chi connectivity index (χ0n) is 14.3. The Hall–Kier alpha value is -3.09. The molecular weight excluding hydrogens is 328 g/mol. The SMILES string of the molecule is O=c1ccc(-c2cccnc2)nn1C1CCC(Nc2cnccn2)CC1. The van der Waals surface area contributed by atoms with Crippen LogP contribution in [0.25, 0.3) is 11.3 Å². The second-order valence-corrected chi connectivity index (χ2v) is 6.48. The molecule has 0 aromatic carbocycles. The third kappa shape index (κ3) is 3.61. The Labute approximate surface area is 151 Å². The first kappa shape index (κ1) is 16.4. The van der Waals surface area contributed by atoms with Crippen molar-refractivity contribution in [1.29, 1.82) is 0 Å². The Bertz CT molecular complexity index is 904. The van der Waals surface area contributed by atoms with E-state index in [0.717, 1.165) is 42.8 Å². The lowest BCUT2D eigenvalue weighted by atomic mass is 9.91. The van der Waals surface area contributed by atoms with Gasteiger partial charge in [-0.25, -0.2) is 9.67 Å². The van der Waals surface area contributed by atoms with E-state index in [1.165, 1.54) is 0 Å². The number of rotatable bonds is 4. The number of hydrogen-bond acceptors (Lipinski definition) is 6. The number of hydrogen-bond donors (Lipinski definition) is 1. The van der Waals surface area contributed by atoms with Gasteiger partial charge in [-0.05, 0) is 43.9 Å². The monoisotopic (exact) mass is 348 g/mol. The number of anilines is 1. The zero-order valence-corrected chi connectivity index (χ0v) is 14.3. The lowest BCUT2D eigenvalue weighted by molar-refractivity contribution is 0.304. The molecule has 0 aliphatic heterocycles. The van der Waals surface area contributed by atoms with Crippen LogP contribution in [0.5, 0.6) is 0 Å². The minimum absolute atomic E-state index is 0.0528. The summed E-state index contributed by atoms with van der Waals surface area (Å²) in [5.41, 5.74) is 1.64. The quantitative estimate of drug-likeness (QED) is 0.780. The number of nitrogens with zero attached hydrogens (tertiary/aromatic N) is 5. The summed E-state index contributed by atoms with van der Waals surface area (Å²) in [4.78, 5) is 24.8. The maximum atomic E-state index is 12.3. The Balaban J connectivity index is 1.47. The maximum Gasteiger partial charge on any atom is 0.267 e. The van der Waals surface area contributed by atoms with Gasteiger partial charge in [-0.2, -0.15) is 5.10 Å². The molecule has 4 rings (SSSR count). The highest BCUT2D eigenvalue weighted by Gasteiger charge is 2.24. The van der Waals surface area contributed by atoms with E-state index >= 15 is 0 Å². The summed E-state index contributed by atoms with van der Waals surface area (Å²) in [5.74, 6) is 0.796. The standard InChI is InChI=1S/C19H20N6O/c26-19-8-7-17(14-2-1-9-20-12-14)24-25(19)16-5-3-15(4-6-16)23-18-13-21-10-11-22-18/h1-2,7-13,15-16H,3-6H2,(H,22,23). The summed E-state index contributed by atoms with van der Waals surface area (Å²) in [6, 6.07) is 7.65. The van der Waals surface area contributed by atoms with Gasteiger partial charge in [-0.1, -0.05) is 0 Å². The minimum atomic E-state index is -0.0528. The summed E-state index contributed by atoms with van der Waals surface area (Å²) < 4.78 is 1.64. The first-order chi connectivity index (χ1) is 12.8. The van der Waals surface area contributed by atoms with Crippen LogP contribution in [0.1, 0.15) is 31.7 Å². The van der Waals surface area contributed by atoms with Crippen molar-refractivity contribution in [1.82, 2.24) is 24.7 Å². The maximum absolute atomic E-state index is 12.3. The van der Waals surface area contributed by atoms with Crippen LogP contribution in [-0.4, -0.2) is 30.8 Å². The van der Waals surface area contributed by atoms with Gasteiger partial charge in [0.15, 0.2) is 0 Å². The summed E-state index contributed by atoms with van der Waals surface area (Å²) in [6.07, 6.45) is 12.3. The van der Waals surface area contributed by atoms with Crippen LogP contribution in [0.15, 0.2) is 60.0 Å². The van der Waals surface area contributed by atoms with Gasteiger partial charge in [0.05, 0.1) is 17.9 Å². The summed E-state index contributed by atoms with van der Waals surface area (Å²) >= 11 is 0. The third-order valence-electron chi connectivity index (χ3n) is 4.74. The van der Waals surface area contributed by atoms with E-state index in [2.05, 4.69) is 25.4 Å². The summed E-state index contributed by atoms with van der Waals surface area (Å²) in [5, 5.41) is 8.01. The van der Waals surface area contributed by atoms with Crippen LogP contribution in [0.3, 0.4) is 0 Å². The molecule has 1 fully saturated rings. The molecule has 0 saturated heterocycles. The molecule has 0 amide bonds. The first-order valence-electron chi connectivity index (χ1n) is 8.82. The van der Waals surface area contributed by atoms with Gasteiger partial charge in [-0.15, -0.1) is 0 Å². The highest BCUT2D eigenvalue weighted by molar-refractivity contribution is 5.56. The van der Waals surface area contributed by atoms with Crippen molar-refractivity contribution in [3.63, 3.8) is 0 Å². The first-order valence-corrected chi connectivity index (χ1v) is 8.82. The Morgan fingerprint density at radius 2 is 1.81 bits per heavy atom. The average molecular weight is 348 g/mol. The van der Waals surface area contributed by atoms with Gasteiger partial charge in [0.2, 0.25) is 0 Å². The van der Waals surface area contributed by atoms with Crippen molar-refractivity contribution in [3.8, 4) is 11.3 Å². The fourth-order valence-electron chi connectivity index (χ4n) is 3.40. The minimum Gasteiger partial charge on any atom is -0.366 e. The molecule has 1 aliphatic carbocycles. The van der Waals surface area contributed by atoms with Crippen LogP contribution in [-0.2, 0) is 0 Å². The average Bonchev–Trinajstić information content (AvgIpc) is 2.71. The highest BCUT2D eigenvalue weighted by atomic mass is 16.1. The molecule has 26 heavy (non-hydrogen) atoms. The van der Waals surface area contributed by atoms with Crippen LogP contribution in [0.2, 0.25) is 0 Å². The van der Waals surface area contributed by atoms with Crippen molar-refractivity contribution in [3.05, 3.63) is 65.6 Å². The van der Waals surface area contributed by atoms with Crippen molar-refractivity contribution < 1.29 is 0 Å². The number of pyridine rings is 1. The van der Waals surface area contributed by atoms with Crippen LogP contribution in [0, 0.1) is 0 Å². The summed E-state index contributed by atoms with van der Waals surface area (Å²) in [7, 11) is 0. The molecule has 0 spiro atoms. The van der Waals surface area contributed by atoms with Gasteiger partial charge in [0, 0.05) is 42.5 Å². The van der Waals surface area contributed by atoms with Crippen LogP contribution >= 0.6 is 0 Å². The molecule has 1 saturated carbocycles. The molecule has 7 nitrogen and oxygen atoms in total. The van der Waals surface area contributed by atoms with Gasteiger partial charge < -0.3 is 5.32 Å². The molecule has 132 valence electrons. The molecule has 0 unspecified atom stereocenters. The fraction of sp³-hybridized carbons (Fsp3) is 0.316. The second kappa shape index (κ2) is 7.43. The van der Waals surface area contributed by atoms with Gasteiger partial charge >= 0.3 is 0 Å². The van der Waals surface area contributed by atoms with Gasteiger partial charge in [0.1, 0.15) is 5.82 Å². The van der Waals surface area contributed by atoms with Gasteiger partial charge in [0.25, 0.3) is 5.56 Å². The van der Waals surface area contributed by atoms with Crippen LogP contribution < -0.4 is 10.9 Å². The van der Waals surface area contributed by atoms with Crippen molar-refractivity contribution in [2.45, 2.75) is 37.8 Å².